The molecule has 1 aliphatic rings. The second-order valence-electron chi connectivity index (χ2n) is 9.31. The maximum absolute atomic E-state index is 13.8. The van der Waals surface area contributed by atoms with Gasteiger partial charge >= 0.3 is 0 Å². The zero-order valence-corrected chi connectivity index (χ0v) is 20.1. The summed E-state index contributed by atoms with van der Waals surface area (Å²) in [5, 5.41) is 7.68. The van der Waals surface area contributed by atoms with Gasteiger partial charge in [-0.3, -0.25) is 14.3 Å². The number of fused-ring (bicyclic) bond motifs is 1. The van der Waals surface area contributed by atoms with Crippen LogP contribution < -0.4 is 5.32 Å². The summed E-state index contributed by atoms with van der Waals surface area (Å²) in [4.78, 5) is 29.2. The van der Waals surface area contributed by atoms with E-state index in [0.717, 1.165) is 22.3 Å². The number of rotatable bonds is 6. The van der Waals surface area contributed by atoms with E-state index in [9.17, 15) is 9.59 Å². The van der Waals surface area contributed by atoms with Crippen molar-refractivity contribution < 1.29 is 14.0 Å². The van der Waals surface area contributed by atoms with Gasteiger partial charge in [-0.25, -0.2) is 0 Å². The van der Waals surface area contributed by atoms with Crippen molar-refractivity contribution >= 4 is 11.8 Å². The summed E-state index contributed by atoms with van der Waals surface area (Å²) < 4.78 is 7.11. The molecule has 0 saturated carbocycles. The fourth-order valence-corrected chi connectivity index (χ4v) is 4.60. The molecular formula is C28H28N4O3. The number of furan rings is 1. The number of hydrogen-bond acceptors (Lipinski definition) is 4. The van der Waals surface area contributed by atoms with Crippen LogP contribution in [0.15, 0.2) is 77.4 Å². The minimum absolute atomic E-state index is 0.220. The van der Waals surface area contributed by atoms with Gasteiger partial charge in [0.05, 0.1) is 12.8 Å². The smallest absolute Gasteiger partial charge is 0.273 e. The molecule has 2 amide bonds. The average molecular weight is 469 g/mol. The Morgan fingerprint density at radius 3 is 2.66 bits per heavy atom. The monoisotopic (exact) mass is 468 g/mol. The minimum Gasteiger partial charge on any atom is -0.463 e. The van der Waals surface area contributed by atoms with Crippen LogP contribution in [0.3, 0.4) is 0 Å². The maximum atomic E-state index is 13.8. The molecule has 1 aliphatic heterocycles. The van der Waals surface area contributed by atoms with Crippen LogP contribution in [0, 0.1) is 13.8 Å². The number of benzene rings is 2. The third-order valence-electron chi connectivity index (χ3n) is 6.68. The van der Waals surface area contributed by atoms with Crippen molar-refractivity contribution in [2.24, 2.45) is 0 Å². The van der Waals surface area contributed by atoms with Crippen molar-refractivity contribution in [2.45, 2.75) is 45.9 Å². The van der Waals surface area contributed by atoms with Crippen molar-refractivity contribution in [3.8, 4) is 11.5 Å². The van der Waals surface area contributed by atoms with Gasteiger partial charge < -0.3 is 14.6 Å². The Balaban J connectivity index is 1.50. The second kappa shape index (κ2) is 8.91. The van der Waals surface area contributed by atoms with Crippen molar-refractivity contribution in [3.63, 3.8) is 0 Å². The molecule has 7 nitrogen and oxygen atoms in total. The molecule has 1 atom stereocenters. The van der Waals surface area contributed by atoms with E-state index < -0.39 is 5.54 Å². The summed E-state index contributed by atoms with van der Waals surface area (Å²) in [5.41, 5.74) is 4.08. The van der Waals surface area contributed by atoms with Crippen molar-refractivity contribution in [1.29, 1.82) is 0 Å². The van der Waals surface area contributed by atoms with Crippen molar-refractivity contribution in [3.05, 3.63) is 101 Å². The summed E-state index contributed by atoms with van der Waals surface area (Å²) in [6.45, 7) is 6.78. The molecule has 35 heavy (non-hydrogen) atoms. The van der Waals surface area contributed by atoms with Crippen molar-refractivity contribution in [2.75, 3.05) is 0 Å². The molecule has 7 heteroatoms. The second-order valence-corrected chi connectivity index (χ2v) is 9.31. The van der Waals surface area contributed by atoms with Gasteiger partial charge in [-0.1, -0.05) is 54.1 Å². The predicted molar refractivity (Wildman–Crippen MR) is 132 cm³/mol. The van der Waals surface area contributed by atoms with E-state index in [0.29, 0.717) is 30.2 Å². The summed E-state index contributed by atoms with van der Waals surface area (Å²) >= 11 is 0. The van der Waals surface area contributed by atoms with E-state index in [1.165, 1.54) is 0 Å². The Bertz CT molecular complexity index is 1390. The lowest BCUT2D eigenvalue weighted by atomic mass is 9.93. The third kappa shape index (κ3) is 4.25. The lowest BCUT2D eigenvalue weighted by Gasteiger charge is -2.43. The number of carbonyl (C=O) groups is 2. The highest BCUT2D eigenvalue weighted by Crippen LogP contribution is 2.31. The lowest BCUT2D eigenvalue weighted by molar-refractivity contribution is -0.133. The van der Waals surface area contributed by atoms with E-state index in [1.54, 1.807) is 34.0 Å². The molecule has 0 radical (unpaired) electrons. The first-order valence-electron chi connectivity index (χ1n) is 11.7. The third-order valence-corrected chi connectivity index (χ3v) is 6.68. The van der Waals surface area contributed by atoms with E-state index in [2.05, 4.69) is 10.4 Å². The highest BCUT2D eigenvalue weighted by atomic mass is 16.3. The summed E-state index contributed by atoms with van der Waals surface area (Å²) in [6, 6.07) is 21.3. The molecule has 4 aromatic rings. The highest BCUT2D eigenvalue weighted by molar-refractivity contribution is 6.00. The first kappa shape index (κ1) is 22.7. The van der Waals surface area contributed by atoms with E-state index in [1.807, 2.05) is 69.3 Å². The molecule has 3 heterocycles. The molecule has 0 bridgehead atoms. The molecule has 0 saturated heterocycles. The molecule has 2 aromatic carbocycles. The van der Waals surface area contributed by atoms with Crippen LogP contribution in [0.5, 0.6) is 0 Å². The number of nitrogens with one attached hydrogen (secondary N) is 1. The van der Waals surface area contributed by atoms with Crippen LogP contribution in [0.2, 0.25) is 0 Å². The largest absolute Gasteiger partial charge is 0.463 e. The topological polar surface area (TPSA) is 80.4 Å². The predicted octanol–water partition coefficient (Wildman–Crippen LogP) is 4.49. The molecule has 0 spiro atoms. The molecule has 0 fully saturated rings. The Labute approximate surface area is 204 Å². The Morgan fingerprint density at radius 2 is 1.91 bits per heavy atom. The summed E-state index contributed by atoms with van der Waals surface area (Å²) in [7, 11) is 0. The molecule has 5 rings (SSSR count). The van der Waals surface area contributed by atoms with Crippen LogP contribution in [0.4, 0.5) is 0 Å². The summed E-state index contributed by atoms with van der Waals surface area (Å²) in [6.07, 6.45) is 1.57. The van der Waals surface area contributed by atoms with Crippen LogP contribution in [0.1, 0.15) is 39.7 Å². The van der Waals surface area contributed by atoms with Crippen LogP contribution >= 0.6 is 0 Å². The molecule has 178 valence electrons. The van der Waals surface area contributed by atoms with Gasteiger partial charge in [-0.05, 0) is 49.6 Å². The number of carbonyl (C=O) groups excluding carboxylic acids is 2. The first-order valence-corrected chi connectivity index (χ1v) is 11.7. The molecule has 0 unspecified atom stereocenters. The lowest BCUT2D eigenvalue weighted by Crippen LogP contribution is -2.63. The number of hydrogen-bond donors (Lipinski definition) is 1. The summed E-state index contributed by atoms with van der Waals surface area (Å²) in [5.74, 6) is 0.120. The van der Waals surface area contributed by atoms with Crippen LogP contribution in [-0.4, -0.2) is 32.0 Å². The highest BCUT2D eigenvalue weighted by Gasteiger charge is 2.48. The quantitative estimate of drug-likeness (QED) is 0.452. The Hall–Kier alpha value is -4.13. The Morgan fingerprint density at radius 1 is 1.09 bits per heavy atom. The standard InChI is InChI=1S/C28H28N4O3/c1-19-8-6-10-21(14-19)17-31-26(33)24-15-23(25-12-7-13-35-25)30-32(24)18-28(31,3)27(34)29-16-22-11-5-4-9-20(22)2/h4-15H,16-18H2,1-3H3,(H,29,34)/t28-/m1/s1. The number of aromatic nitrogens is 2. The average Bonchev–Trinajstić information content (AvgIpc) is 3.51. The maximum Gasteiger partial charge on any atom is 0.273 e. The Kier molecular flexibility index (Phi) is 5.76. The van der Waals surface area contributed by atoms with Crippen LogP contribution in [0.25, 0.3) is 11.5 Å². The molecular weight excluding hydrogens is 440 g/mol. The van der Waals surface area contributed by atoms with Gasteiger partial charge in [0.25, 0.3) is 5.91 Å². The van der Waals surface area contributed by atoms with Gasteiger partial charge in [0.2, 0.25) is 5.91 Å². The van der Waals surface area contributed by atoms with Crippen LogP contribution in [-0.2, 0) is 24.4 Å². The van der Waals surface area contributed by atoms with Gasteiger partial charge in [-0.2, -0.15) is 5.10 Å². The van der Waals surface area contributed by atoms with Crippen molar-refractivity contribution in [1.82, 2.24) is 20.0 Å². The van der Waals surface area contributed by atoms with Gasteiger partial charge in [0, 0.05) is 19.2 Å². The van der Waals surface area contributed by atoms with E-state index >= 15 is 0 Å². The molecule has 2 aromatic heterocycles. The van der Waals surface area contributed by atoms with E-state index in [-0.39, 0.29) is 18.4 Å². The normalized spacial score (nSPS) is 17.3. The number of aryl methyl sites for hydroxylation is 2. The number of amides is 2. The zero-order valence-electron chi connectivity index (χ0n) is 20.1. The SMILES string of the molecule is Cc1cccc(CN2C(=O)c3cc(-c4ccco4)nn3C[C@]2(C)C(=O)NCc2ccccc2C)c1. The van der Waals surface area contributed by atoms with Gasteiger partial charge in [0.1, 0.15) is 16.9 Å². The van der Waals surface area contributed by atoms with E-state index in [4.69, 9.17) is 4.42 Å². The molecule has 1 N–H and O–H groups in total. The first-order chi connectivity index (χ1) is 16.8. The van der Waals surface area contributed by atoms with Gasteiger partial charge in [-0.15, -0.1) is 0 Å². The zero-order chi connectivity index (χ0) is 24.6. The minimum atomic E-state index is -1.14. The fraction of sp³-hybridized carbons (Fsp3) is 0.250. The molecule has 0 aliphatic carbocycles. The fourth-order valence-electron chi connectivity index (χ4n) is 4.60. The number of nitrogens with zero attached hydrogens (tertiary/aromatic N) is 3. The van der Waals surface area contributed by atoms with Gasteiger partial charge in [0.15, 0.2) is 5.76 Å².